The van der Waals surface area contributed by atoms with Gasteiger partial charge in [-0.1, -0.05) is 6.92 Å². The molecule has 0 aromatic heterocycles. The van der Waals surface area contributed by atoms with E-state index in [1.54, 1.807) is 11.9 Å². The predicted octanol–water partition coefficient (Wildman–Crippen LogP) is 1.87. The fourth-order valence-electron chi connectivity index (χ4n) is 2.51. The molecule has 0 radical (unpaired) electrons. The second kappa shape index (κ2) is 7.38. The number of nitrogens with zero attached hydrogens (tertiary/aromatic N) is 3. The number of carbonyl (C=O) groups excluding carboxylic acids is 1. The van der Waals surface area contributed by atoms with Crippen LogP contribution in [0.3, 0.4) is 0 Å². The summed E-state index contributed by atoms with van der Waals surface area (Å²) in [7, 11) is 1.78. The van der Waals surface area contributed by atoms with Crippen LogP contribution < -0.4 is 0 Å². The number of carbonyl (C=O) groups is 1. The van der Waals surface area contributed by atoms with Crippen LogP contribution in [0.15, 0.2) is 0 Å². The first-order valence-electron chi connectivity index (χ1n) is 6.91. The minimum Gasteiger partial charge on any atom is -0.345 e. The van der Waals surface area contributed by atoms with Crippen molar-refractivity contribution in [1.29, 1.82) is 5.26 Å². The fraction of sp³-hybridized carbons (Fsp3) is 0.857. The Hall–Kier alpha value is -1.08. The van der Waals surface area contributed by atoms with Gasteiger partial charge >= 0.3 is 0 Å². The average molecular weight is 251 g/mol. The van der Waals surface area contributed by atoms with Crippen molar-refractivity contribution >= 4 is 5.91 Å². The van der Waals surface area contributed by atoms with E-state index in [4.69, 9.17) is 5.26 Å². The zero-order valence-electron chi connectivity index (χ0n) is 11.9. The first-order chi connectivity index (χ1) is 8.56. The van der Waals surface area contributed by atoms with Crippen LogP contribution in [0, 0.1) is 17.2 Å². The van der Waals surface area contributed by atoms with Gasteiger partial charge in [-0.15, -0.1) is 0 Å². The molecule has 18 heavy (non-hydrogen) atoms. The summed E-state index contributed by atoms with van der Waals surface area (Å²) in [6, 6.07) is 2.65. The molecule has 1 heterocycles. The maximum absolute atomic E-state index is 11.9. The maximum Gasteiger partial charge on any atom is 0.223 e. The predicted molar refractivity (Wildman–Crippen MR) is 71.9 cm³/mol. The summed E-state index contributed by atoms with van der Waals surface area (Å²) in [5.41, 5.74) is 0. The summed E-state index contributed by atoms with van der Waals surface area (Å²) >= 11 is 0. The first kappa shape index (κ1) is 15.0. The van der Waals surface area contributed by atoms with E-state index in [0.29, 0.717) is 25.4 Å². The molecule has 0 saturated carbocycles. The van der Waals surface area contributed by atoms with Crippen molar-refractivity contribution in [3.8, 4) is 6.07 Å². The van der Waals surface area contributed by atoms with Gasteiger partial charge in [0.2, 0.25) is 5.91 Å². The van der Waals surface area contributed by atoms with E-state index in [0.717, 1.165) is 19.0 Å². The molecule has 0 bridgehead atoms. The van der Waals surface area contributed by atoms with Crippen molar-refractivity contribution in [2.45, 2.75) is 45.6 Å². The van der Waals surface area contributed by atoms with Crippen molar-refractivity contribution in [1.82, 2.24) is 9.80 Å². The Balaban J connectivity index is 2.31. The highest BCUT2D eigenvalue weighted by atomic mass is 16.2. The second-order valence-corrected chi connectivity index (χ2v) is 5.37. The third kappa shape index (κ3) is 4.30. The molecule has 1 amide bonds. The molecular weight excluding hydrogens is 226 g/mol. The SMILES string of the molecule is CC1CCCN(CCC(=O)N(C)CCC#N)C1C. The van der Waals surface area contributed by atoms with Crippen LogP contribution >= 0.6 is 0 Å². The Morgan fingerprint density at radius 3 is 2.89 bits per heavy atom. The summed E-state index contributed by atoms with van der Waals surface area (Å²) in [5.74, 6) is 0.876. The van der Waals surface area contributed by atoms with Crippen molar-refractivity contribution in [2.24, 2.45) is 5.92 Å². The highest BCUT2D eigenvalue weighted by Crippen LogP contribution is 2.22. The molecule has 2 atom stereocenters. The molecule has 0 aromatic carbocycles. The lowest BCUT2D eigenvalue weighted by atomic mass is 9.92. The minimum absolute atomic E-state index is 0.149. The van der Waals surface area contributed by atoms with E-state index in [9.17, 15) is 4.79 Å². The largest absolute Gasteiger partial charge is 0.345 e. The number of rotatable bonds is 5. The Bertz CT molecular complexity index is 311. The molecule has 0 N–H and O–H groups in total. The van der Waals surface area contributed by atoms with E-state index >= 15 is 0 Å². The topological polar surface area (TPSA) is 47.3 Å². The molecule has 1 rings (SSSR count). The van der Waals surface area contributed by atoms with Crippen molar-refractivity contribution < 1.29 is 4.79 Å². The molecular formula is C14H25N3O. The van der Waals surface area contributed by atoms with Gasteiger partial charge in [-0.05, 0) is 32.2 Å². The fourth-order valence-corrected chi connectivity index (χ4v) is 2.51. The molecule has 1 saturated heterocycles. The molecule has 1 fully saturated rings. The molecule has 102 valence electrons. The van der Waals surface area contributed by atoms with E-state index < -0.39 is 0 Å². The van der Waals surface area contributed by atoms with Crippen LogP contribution in [-0.2, 0) is 4.79 Å². The Kier molecular flexibility index (Phi) is 6.14. The lowest BCUT2D eigenvalue weighted by Crippen LogP contribution is -2.44. The first-order valence-corrected chi connectivity index (χ1v) is 6.91. The number of hydrogen-bond donors (Lipinski definition) is 0. The van der Waals surface area contributed by atoms with Gasteiger partial charge in [0.25, 0.3) is 0 Å². The molecule has 2 unspecified atom stereocenters. The number of amides is 1. The quantitative estimate of drug-likeness (QED) is 0.749. The van der Waals surface area contributed by atoms with E-state index in [2.05, 4.69) is 24.8 Å². The summed E-state index contributed by atoms with van der Waals surface area (Å²) < 4.78 is 0. The van der Waals surface area contributed by atoms with E-state index in [1.807, 2.05) is 0 Å². The number of piperidine rings is 1. The van der Waals surface area contributed by atoms with Gasteiger partial charge in [0.05, 0.1) is 12.5 Å². The molecule has 1 aliphatic rings. The smallest absolute Gasteiger partial charge is 0.223 e. The van der Waals surface area contributed by atoms with Crippen LogP contribution in [0.25, 0.3) is 0 Å². The molecule has 1 aliphatic heterocycles. The van der Waals surface area contributed by atoms with Crippen LogP contribution in [0.1, 0.15) is 39.5 Å². The van der Waals surface area contributed by atoms with Gasteiger partial charge in [-0.25, -0.2) is 0 Å². The second-order valence-electron chi connectivity index (χ2n) is 5.37. The Morgan fingerprint density at radius 2 is 2.22 bits per heavy atom. The summed E-state index contributed by atoms with van der Waals surface area (Å²) in [5, 5.41) is 8.50. The van der Waals surface area contributed by atoms with Crippen molar-refractivity contribution in [3.05, 3.63) is 0 Å². The molecule has 4 nitrogen and oxygen atoms in total. The Morgan fingerprint density at radius 1 is 1.50 bits per heavy atom. The van der Waals surface area contributed by atoms with Crippen LogP contribution in [0.5, 0.6) is 0 Å². The van der Waals surface area contributed by atoms with Crippen molar-refractivity contribution in [3.63, 3.8) is 0 Å². The van der Waals surface area contributed by atoms with Crippen LogP contribution in [0.4, 0.5) is 0 Å². The molecule has 4 heteroatoms. The standard InChI is InChI=1S/C14H25N3O/c1-12-6-4-10-17(13(12)2)11-7-14(18)16(3)9-5-8-15/h12-13H,4-7,9-11H2,1-3H3. The third-order valence-corrected chi connectivity index (χ3v) is 4.10. The van der Waals surface area contributed by atoms with Gasteiger partial charge < -0.3 is 4.90 Å². The minimum atomic E-state index is 0.149. The van der Waals surface area contributed by atoms with Crippen LogP contribution in [0.2, 0.25) is 0 Å². The highest BCUT2D eigenvalue weighted by Gasteiger charge is 2.24. The summed E-state index contributed by atoms with van der Waals surface area (Å²) in [6.45, 7) is 7.05. The Labute approximate surface area is 111 Å². The van der Waals surface area contributed by atoms with E-state index in [1.165, 1.54) is 12.8 Å². The third-order valence-electron chi connectivity index (χ3n) is 4.10. The molecule has 0 aromatic rings. The lowest BCUT2D eigenvalue weighted by Gasteiger charge is -2.38. The van der Waals surface area contributed by atoms with Crippen LogP contribution in [-0.4, -0.2) is 48.4 Å². The number of likely N-dealkylation sites (tertiary alicyclic amines) is 1. The number of nitriles is 1. The molecule has 0 spiro atoms. The normalized spacial score (nSPS) is 24.6. The van der Waals surface area contributed by atoms with Gasteiger partial charge in [-0.3, -0.25) is 9.69 Å². The maximum atomic E-state index is 11.9. The zero-order valence-corrected chi connectivity index (χ0v) is 11.9. The highest BCUT2D eigenvalue weighted by molar-refractivity contribution is 5.76. The monoisotopic (exact) mass is 251 g/mol. The zero-order chi connectivity index (χ0) is 13.5. The van der Waals surface area contributed by atoms with E-state index in [-0.39, 0.29) is 5.91 Å². The molecule has 0 aliphatic carbocycles. The lowest BCUT2D eigenvalue weighted by molar-refractivity contribution is -0.130. The summed E-state index contributed by atoms with van der Waals surface area (Å²) in [4.78, 5) is 16.0. The van der Waals surface area contributed by atoms with Gasteiger partial charge in [0.15, 0.2) is 0 Å². The van der Waals surface area contributed by atoms with Gasteiger partial charge in [0.1, 0.15) is 0 Å². The number of hydrogen-bond acceptors (Lipinski definition) is 3. The van der Waals surface area contributed by atoms with Gasteiger partial charge in [0, 0.05) is 32.6 Å². The van der Waals surface area contributed by atoms with Gasteiger partial charge in [-0.2, -0.15) is 5.26 Å². The summed E-state index contributed by atoms with van der Waals surface area (Å²) in [6.07, 6.45) is 3.52. The average Bonchev–Trinajstić information content (AvgIpc) is 2.37. The van der Waals surface area contributed by atoms with Crippen molar-refractivity contribution in [2.75, 3.05) is 26.7 Å².